The molecule has 0 bridgehead atoms. The van der Waals surface area contributed by atoms with Crippen LogP contribution in [0.3, 0.4) is 0 Å². The molecule has 0 saturated heterocycles. The van der Waals surface area contributed by atoms with Crippen molar-refractivity contribution in [3.05, 3.63) is 34.3 Å². The molecule has 4 nitrogen and oxygen atoms in total. The first kappa shape index (κ1) is 11.0. The number of carboxylic acid groups (broad SMARTS) is 1. The quantitative estimate of drug-likeness (QED) is 0.700. The third-order valence-electron chi connectivity index (χ3n) is 1.90. The maximum Gasteiger partial charge on any atom is 0.335 e. The highest BCUT2D eigenvalue weighted by atomic mass is 35.5. The summed E-state index contributed by atoms with van der Waals surface area (Å²) >= 11 is 5.85. The monoisotopic (exact) mass is 214 g/mol. The van der Waals surface area contributed by atoms with Crippen molar-refractivity contribution >= 4 is 17.6 Å². The van der Waals surface area contributed by atoms with Gasteiger partial charge in [-0.05, 0) is 23.8 Å². The zero-order chi connectivity index (χ0) is 10.7. The first-order valence-corrected chi connectivity index (χ1v) is 4.42. The summed E-state index contributed by atoms with van der Waals surface area (Å²) in [4.78, 5) is 10.7. The topological polar surface area (TPSA) is 89.3 Å². The maximum absolute atomic E-state index is 10.7. The Hall–Kier alpha value is -1.10. The minimum absolute atomic E-state index is 0.160. The molecule has 0 saturated carbocycles. The second kappa shape index (κ2) is 4.41. The van der Waals surface area contributed by atoms with Crippen LogP contribution in [0, 0.1) is 0 Å². The predicted molar refractivity (Wildman–Crippen MR) is 54.4 cm³/mol. The lowest BCUT2D eigenvalue weighted by Crippen LogP contribution is -2.21. The number of nitrogens with two attached hydrogens (primary N) is 2. The highest BCUT2D eigenvalue weighted by Crippen LogP contribution is 2.22. The average Bonchev–Trinajstić information content (AvgIpc) is 2.17. The Morgan fingerprint density at radius 3 is 2.71 bits per heavy atom. The number of carbonyl (C=O) groups is 1. The Morgan fingerprint density at radius 2 is 2.21 bits per heavy atom. The molecule has 0 heterocycles. The molecular formula is C9H11ClN2O2. The minimum Gasteiger partial charge on any atom is -0.478 e. The Kier molecular flexibility index (Phi) is 3.46. The van der Waals surface area contributed by atoms with E-state index >= 15 is 0 Å². The van der Waals surface area contributed by atoms with E-state index in [-0.39, 0.29) is 12.1 Å². The Labute approximate surface area is 86.5 Å². The van der Waals surface area contributed by atoms with Gasteiger partial charge in [0.25, 0.3) is 0 Å². The zero-order valence-electron chi connectivity index (χ0n) is 7.40. The molecule has 0 fully saturated rings. The fourth-order valence-electron chi connectivity index (χ4n) is 1.09. The van der Waals surface area contributed by atoms with Gasteiger partial charge in [0.05, 0.1) is 5.56 Å². The normalized spacial score (nSPS) is 12.5. The Balaban J connectivity index is 3.14. The van der Waals surface area contributed by atoms with E-state index < -0.39 is 12.0 Å². The van der Waals surface area contributed by atoms with Crippen molar-refractivity contribution in [3.8, 4) is 0 Å². The molecule has 0 aliphatic rings. The van der Waals surface area contributed by atoms with Crippen LogP contribution in [0.4, 0.5) is 0 Å². The molecule has 76 valence electrons. The van der Waals surface area contributed by atoms with Crippen molar-refractivity contribution < 1.29 is 9.90 Å². The molecule has 0 amide bonds. The summed E-state index contributed by atoms with van der Waals surface area (Å²) in [7, 11) is 0. The number of hydrogen-bond donors (Lipinski definition) is 3. The van der Waals surface area contributed by atoms with Gasteiger partial charge in [-0.2, -0.15) is 0 Å². The van der Waals surface area contributed by atoms with E-state index in [0.717, 1.165) is 0 Å². The summed E-state index contributed by atoms with van der Waals surface area (Å²) < 4.78 is 0. The molecule has 14 heavy (non-hydrogen) atoms. The molecular weight excluding hydrogens is 204 g/mol. The molecule has 0 spiro atoms. The fourth-order valence-corrected chi connectivity index (χ4v) is 1.35. The number of carboxylic acids is 1. The lowest BCUT2D eigenvalue weighted by molar-refractivity contribution is 0.0697. The van der Waals surface area contributed by atoms with Gasteiger partial charge in [0.15, 0.2) is 0 Å². The molecule has 5 heteroatoms. The highest BCUT2D eigenvalue weighted by Gasteiger charge is 2.11. The largest absolute Gasteiger partial charge is 0.478 e. The van der Waals surface area contributed by atoms with Gasteiger partial charge in [-0.3, -0.25) is 0 Å². The van der Waals surface area contributed by atoms with Gasteiger partial charge in [-0.25, -0.2) is 4.79 Å². The van der Waals surface area contributed by atoms with E-state index in [1.165, 1.54) is 18.2 Å². The highest BCUT2D eigenvalue weighted by molar-refractivity contribution is 6.31. The summed E-state index contributed by atoms with van der Waals surface area (Å²) in [6.45, 7) is 0.225. The van der Waals surface area contributed by atoms with Crippen molar-refractivity contribution in [2.24, 2.45) is 11.5 Å². The third-order valence-corrected chi connectivity index (χ3v) is 2.24. The Bertz CT molecular complexity index is 355. The molecule has 0 aliphatic carbocycles. The van der Waals surface area contributed by atoms with Crippen LogP contribution >= 0.6 is 11.6 Å². The fraction of sp³-hybridized carbons (Fsp3) is 0.222. The van der Waals surface area contributed by atoms with Crippen LogP contribution in [-0.2, 0) is 0 Å². The van der Waals surface area contributed by atoms with Crippen LogP contribution in [-0.4, -0.2) is 17.6 Å². The second-order valence-electron chi connectivity index (χ2n) is 2.88. The van der Waals surface area contributed by atoms with Crippen LogP contribution in [0.15, 0.2) is 18.2 Å². The average molecular weight is 215 g/mol. The van der Waals surface area contributed by atoms with Crippen LogP contribution in [0.5, 0.6) is 0 Å². The number of rotatable bonds is 3. The summed E-state index contributed by atoms with van der Waals surface area (Å²) in [5.74, 6) is -1.01. The molecule has 1 atom stereocenters. The van der Waals surface area contributed by atoms with E-state index in [1.54, 1.807) is 0 Å². The van der Waals surface area contributed by atoms with Crippen LogP contribution in [0.1, 0.15) is 22.0 Å². The second-order valence-corrected chi connectivity index (χ2v) is 3.29. The number of aromatic carboxylic acids is 1. The van der Waals surface area contributed by atoms with Gasteiger partial charge in [0.2, 0.25) is 0 Å². The number of hydrogen-bond acceptors (Lipinski definition) is 3. The van der Waals surface area contributed by atoms with Gasteiger partial charge in [0.1, 0.15) is 0 Å². The third kappa shape index (κ3) is 2.23. The maximum atomic E-state index is 10.7. The van der Waals surface area contributed by atoms with Crippen molar-refractivity contribution in [2.45, 2.75) is 6.04 Å². The summed E-state index contributed by atoms with van der Waals surface area (Å²) in [6, 6.07) is 3.96. The summed E-state index contributed by atoms with van der Waals surface area (Å²) in [6.07, 6.45) is 0. The number of halogens is 1. The van der Waals surface area contributed by atoms with Crippen LogP contribution in [0.25, 0.3) is 0 Å². The molecule has 1 aromatic rings. The molecule has 0 aliphatic heterocycles. The van der Waals surface area contributed by atoms with Gasteiger partial charge in [-0.15, -0.1) is 0 Å². The lowest BCUT2D eigenvalue weighted by atomic mass is 10.0. The van der Waals surface area contributed by atoms with E-state index in [1.807, 2.05) is 0 Å². The molecule has 5 N–H and O–H groups in total. The van der Waals surface area contributed by atoms with Crippen molar-refractivity contribution in [3.63, 3.8) is 0 Å². The van der Waals surface area contributed by atoms with Crippen LogP contribution < -0.4 is 11.5 Å². The van der Waals surface area contributed by atoms with Gasteiger partial charge in [0, 0.05) is 17.6 Å². The van der Waals surface area contributed by atoms with E-state index in [0.29, 0.717) is 10.6 Å². The van der Waals surface area contributed by atoms with Crippen molar-refractivity contribution in [1.82, 2.24) is 0 Å². The van der Waals surface area contributed by atoms with Gasteiger partial charge >= 0.3 is 5.97 Å². The molecule has 0 unspecified atom stereocenters. The SMILES string of the molecule is NC[C@H](N)c1cc(C(=O)O)ccc1Cl. The number of benzene rings is 1. The smallest absolute Gasteiger partial charge is 0.335 e. The van der Waals surface area contributed by atoms with E-state index in [2.05, 4.69) is 0 Å². The van der Waals surface area contributed by atoms with Crippen molar-refractivity contribution in [2.75, 3.05) is 6.54 Å². The van der Waals surface area contributed by atoms with Gasteiger partial charge in [-0.1, -0.05) is 11.6 Å². The van der Waals surface area contributed by atoms with Gasteiger partial charge < -0.3 is 16.6 Å². The Morgan fingerprint density at radius 1 is 1.57 bits per heavy atom. The molecule has 1 aromatic carbocycles. The van der Waals surface area contributed by atoms with Crippen molar-refractivity contribution in [1.29, 1.82) is 0 Å². The molecule has 0 radical (unpaired) electrons. The molecule has 1 rings (SSSR count). The summed E-state index contributed by atoms with van der Waals surface area (Å²) in [5.41, 5.74) is 11.8. The zero-order valence-corrected chi connectivity index (χ0v) is 8.16. The van der Waals surface area contributed by atoms with E-state index in [9.17, 15) is 4.79 Å². The lowest BCUT2D eigenvalue weighted by Gasteiger charge is -2.11. The predicted octanol–water partition coefficient (Wildman–Crippen LogP) is 0.997. The standard InChI is InChI=1S/C9H11ClN2O2/c10-7-2-1-5(9(13)14)3-6(7)8(12)4-11/h1-3,8H,4,11-12H2,(H,13,14)/t8-/m0/s1. The first-order chi connectivity index (χ1) is 6.56. The molecule has 0 aromatic heterocycles. The first-order valence-electron chi connectivity index (χ1n) is 4.04. The van der Waals surface area contributed by atoms with Crippen LogP contribution in [0.2, 0.25) is 5.02 Å². The minimum atomic E-state index is -1.01. The summed E-state index contributed by atoms with van der Waals surface area (Å²) in [5, 5.41) is 9.18. The van der Waals surface area contributed by atoms with E-state index in [4.69, 9.17) is 28.2 Å².